The minimum atomic E-state index is -4.64. The number of nitrogens with zero attached hydrogens (tertiary/aromatic N) is 4. The van der Waals surface area contributed by atoms with E-state index in [1.165, 1.54) is 17.0 Å². The Morgan fingerprint density at radius 3 is 2.56 bits per heavy atom. The van der Waals surface area contributed by atoms with Gasteiger partial charge in [0.25, 0.3) is 0 Å². The summed E-state index contributed by atoms with van der Waals surface area (Å²) in [6.45, 7) is 6.61. The van der Waals surface area contributed by atoms with Crippen LogP contribution in [0.3, 0.4) is 0 Å². The smallest absolute Gasteiger partial charge is 0.379 e. The van der Waals surface area contributed by atoms with Crippen molar-refractivity contribution in [1.82, 2.24) is 19.6 Å². The van der Waals surface area contributed by atoms with Crippen LogP contribution in [0.2, 0.25) is 5.02 Å². The van der Waals surface area contributed by atoms with Crippen LogP contribution in [0.4, 0.5) is 17.6 Å². The molecule has 2 aromatic rings. The fourth-order valence-corrected chi connectivity index (χ4v) is 5.74. The van der Waals surface area contributed by atoms with Gasteiger partial charge in [-0.1, -0.05) is 11.6 Å². The van der Waals surface area contributed by atoms with Crippen molar-refractivity contribution < 1.29 is 31.8 Å². The highest BCUT2D eigenvalue weighted by atomic mass is 35.5. The summed E-state index contributed by atoms with van der Waals surface area (Å²) in [6, 6.07) is 2.97. The summed E-state index contributed by atoms with van der Waals surface area (Å²) in [7, 11) is 0. The summed E-state index contributed by atoms with van der Waals surface area (Å²) < 4.78 is 68.3. The van der Waals surface area contributed by atoms with Crippen LogP contribution in [0.1, 0.15) is 60.7 Å². The molecule has 1 aromatic carbocycles. The van der Waals surface area contributed by atoms with Gasteiger partial charge in [-0.3, -0.25) is 14.4 Å². The lowest BCUT2D eigenvalue weighted by Gasteiger charge is -2.34. The van der Waals surface area contributed by atoms with Crippen molar-refractivity contribution in [2.24, 2.45) is 0 Å². The highest BCUT2D eigenvalue weighted by molar-refractivity contribution is 6.32. The number of rotatable bonds is 8. The van der Waals surface area contributed by atoms with E-state index in [9.17, 15) is 22.4 Å². The molecular weight excluding hydrogens is 540 g/mol. The van der Waals surface area contributed by atoms with Gasteiger partial charge >= 0.3 is 6.18 Å². The maximum atomic E-state index is 14.5. The van der Waals surface area contributed by atoms with E-state index in [1.54, 1.807) is 6.92 Å². The van der Waals surface area contributed by atoms with Gasteiger partial charge in [0.15, 0.2) is 0 Å². The highest BCUT2D eigenvalue weighted by Gasteiger charge is 2.43. The van der Waals surface area contributed by atoms with E-state index in [0.717, 1.165) is 36.7 Å². The molecular formula is C27H33ClF4N4O3. The molecule has 1 aliphatic carbocycles. The lowest BCUT2D eigenvalue weighted by atomic mass is 9.99. The summed E-state index contributed by atoms with van der Waals surface area (Å²) in [5.74, 6) is -1.06. The van der Waals surface area contributed by atoms with Gasteiger partial charge in [-0.25, -0.2) is 4.39 Å². The SMILES string of the molecule is Cc1cc(F)cc([C@@H]2[C@H](OC[C@@H](C)N3CCOCC3)CCN2C(=O)Cn2nc(C3CC3)cc2C(F)(F)F)c1Cl. The van der Waals surface area contributed by atoms with E-state index >= 15 is 0 Å². The van der Waals surface area contributed by atoms with Crippen molar-refractivity contribution in [3.05, 3.63) is 51.6 Å². The average molecular weight is 573 g/mol. The summed E-state index contributed by atoms with van der Waals surface area (Å²) in [5.41, 5.74) is 0.307. The Bertz CT molecular complexity index is 1200. The molecule has 7 nitrogen and oxygen atoms in total. The maximum absolute atomic E-state index is 14.5. The minimum absolute atomic E-state index is 0.00213. The van der Waals surface area contributed by atoms with Gasteiger partial charge in [0.2, 0.25) is 5.91 Å². The number of carbonyl (C=O) groups is 1. The maximum Gasteiger partial charge on any atom is 0.433 e. The van der Waals surface area contributed by atoms with Crippen molar-refractivity contribution in [1.29, 1.82) is 0 Å². The van der Waals surface area contributed by atoms with Crippen molar-refractivity contribution in [2.45, 2.75) is 69.9 Å². The Labute approximate surface area is 230 Å². The molecule has 3 aliphatic rings. The standard InChI is InChI=1S/C27H33ClF4N4O3/c1-16-11-19(29)12-20(25(16)28)26-22(39-15-17(2)34-7-9-38-10-8-34)5-6-35(26)24(37)14-36-23(27(30,31)32)13-21(33-36)18-3-4-18/h11-13,17-18,22,26H,3-10,14-15H2,1-2H3/t17-,22-,26-/m1/s1. The third-order valence-electron chi connectivity index (χ3n) is 7.82. The lowest BCUT2D eigenvalue weighted by molar-refractivity contribution is -0.146. The number of alkyl halides is 3. The summed E-state index contributed by atoms with van der Waals surface area (Å²) in [4.78, 5) is 17.3. The van der Waals surface area contributed by atoms with E-state index in [0.29, 0.717) is 48.1 Å². The molecule has 12 heteroatoms. The molecule has 1 aromatic heterocycles. The Kier molecular flexibility index (Phi) is 8.24. The first-order valence-corrected chi connectivity index (χ1v) is 13.7. The van der Waals surface area contributed by atoms with Gasteiger partial charge in [-0.15, -0.1) is 0 Å². The zero-order chi connectivity index (χ0) is 27.9. The first kappa shape index (κ1) is 28.3. The Hall–Kier alpha value is -2.21. The molecule has 5 rings (SSSR count). The van der Waals surface area contributed by atoms with Crippen molar-refractivity contribution in [3.8, 4) is 0 Å². The molecule has 0 N–H and O–H groups in total. The fraction of sp³-hybridized carbons (Fsp3) is 0.630. The number of benzene rings is 1. The first-order valence-electron chi connectivity index (χ1n) is 13.4. The van der Waals surface area contributed by atoms with Crippen LogP contribution in [0, 0.1) is 12.7 Å². The molecule has 0 bridgehead atoms. The second-order valence-electron chi connectivity index (χ2n) is 10.7. The quantitative estimate of drug-likeness (QED) is 0.419. The number of halogens is 5. The normalized spacial score (nSPS) is 23.4. The van der Waals surface area contributed by atoms with Crippen LogP contribution in [0.25, 0.3) is 0 Å². The van der Waals surface area contributed by atoms with Crippen LogP contribution in [-0.2, 0) is 27.0 Å². The molecule has 0 unspecified atom stereocenters. The molecule has 214 valence electrons. The third-order valence-corrected chi connectivity index (χ3v) is 8.34. The van der Waals surface area contributed by atoms with Gasteiger partial charge in [0, 0.05) is 36.6 Å². The van der Waals surface area contributed by atoms with Gasteiger partial charge in [0.1, 0.15) is 18.1 Å². The molecule has 0 spiro atoms. The first-order chi connectivity index (χ1) is 18.5. The molecule has 1 amide bonds. The second kappa shape index (κ2) is 11.3. The Morgan fingerprint density at radius 2 is 1.90 bits per heavy atom. The number of ether oxygens (including phenoxy) is 2. The molecule has 0 radical (unpaired) electrons. The van der Waals surface area contributed by atoms with Crippen LogP contribution in [0.15, 0.2) is 18.2 Å². The molecule has 1 saturated carbocycles. The van der Waals surface area contributed by atoms with E-state index in [-0.39, 0.29) is 18.5 Å². The number of amides is 1. The lowest BCUT2D eigenvalue weighted by Crippen LogP contribution is -2.45. The van der Waals surface area contributed by atoms with Gasteiger partial charge in [-0.2, -0.15) is 18.3 Å². The van der Waals surface area contributed by atoms with Crippen LogP contribution in [-0.4, -0.2) is 77.1 Å². The van der Waals surface area contributed by atoms with Crippen LogP contribution >= 0.6 is 11.6 Å². The number of hydrogen-bond acceptors (Lipinski definition) is 5. The van der Waals surface area contributed by atoms with E-state index in [2.05, 4.69) is 10.00 Å². The molecule has 39 heavy (non-hydrogen) atoms. The minimum Gasteiger partial charge on any atom is -0.379 e. The van der Waals surface area contributed by atoms with Gasteiger partial charge in [0.05, 0.1) is 37.7 Å². The van der Waals surface area contributed by atoms with Crippen LogP contribution in [0.5, 0.6) is 0 Å². The van der Waals surface area contributed by atoms with E-state index in [1.807, 2.05) is 6.92 Å². The number of aryl methyl sites for hydroxylation is 1. The summed E-state index contributed by atoms with van der Waals surface area (Å²) >= 11 is 6.61. The molecule has 3 atom stereocenters. The summed E-state index contributed by atoms with van der Waals surface area (Å²) in [5, 5.41) is 4.45. The number of likely N-dealkylation sites (tertiary alicyclic amines) is 1. The molecule has 2 saturated heterocycles. The van der Waals surface area contributed by atoms with E-state index in [4.69, 9.17) is 21.1 Å². The van der Waals surface area contributed by atoms with Crippen LogP contribution < -0.4 is 0 Å². The second-order valence-corrected chi connectivity index (χ2v) is 11.1. The van der Waals surface area contributed by atoms with Crippen molar-refractivity contribution in [2.75, 3.05) is 39.5 Å². The number of morpholine rings is 1. The average Bonchev–Trinajstić information content (AvgIpc) is 3.51. The largest absolute Gasteiger partial charge is 0.433 e. The molecule has 3 heterocycles. The fourth-order valence-electron chi connectivity index (χ4n) is 5.52. The Morgan fingerprint density at radius 1 is 1.18 bits per heavy atom. The highest BCUT2D eigenvalue weighted by Crippen LogP contribution is 2.42. The monoisotopic (exact) mass is 572 g/mol. The predicted molar refractivity (Wildman–Crippen MR) is 136 cm³/mol. The Balaban J connectivity index is 1.39. The van der Waals surface area contributed by atoms with Crippen molar-refractivity contribution >= 4 is 17.5 Å². The third kappa shape index (κ3) is 6.26. The summed E-state index contributed by atoms with van der Waals surface area (Å²) in [6.07, 6.45) is -3.13. The number of hydrogen-bond donors (Lipinski definition) is 0. The zero-order valence-electron chi connectivity index (χ0n) is 22.0. The molecule has 2 aliphatic heterocycles. The van der Waals surface area contributed by atoms with E-state index < -0.39 is 42.3 Å². The van der Waals surface area contributed by atoms with Gasteiger partial charge in [-0.05, 0) is 62.4 Å². The topological polar surface area (TPSA) is 59.8 Å². The number of aromatic nitrogens is 2. The van der Waals surface area contributed by atoms with Gasteiger partial charge < -0.3 is 14.4 Å². The van der Waals surface area contributed by atoms with Crippen molar-refractivity contribution in [3.63, 3.8) is 0 Å². The zero-order valence-corrected chi connectivity index (χ0v) is 22.8. The molecule has 3 fully saturated rings. The number of carbonyl (C=O) groups excluding carboxylic acids is 1. The predicted octanol–water partition coefficient (Wildman–Crippen LogP) is 4.96.